The molecule has 7 nitrogen and oxygen atoms in total. The van der Waals surface area contributed by atoms with Crippen LogP contribution in [0, 0.1) is 6.92 Å². The molecule has 1 aromatic heterocycles. The van der Waals surface area contributed by atoms with Crippen LogP contribution >= 0.6 is 0 Å². The van der Waals surface area contributed by atoms with Crippen molar-refractivity contribution in [3.8, 4) is 0 Å². The molecule has 28 heavy (non-hydrogen) atoms. The van der Waals surface area contributed by atoms with Gasteiger partial charge < -0.3 is 15.1 Å². The fourth-order valence-electron chi connectivity index (χ4n) is 3.61. The number of nitrogens with one attached hydrogen (secondary N) is 2. The van der Waals surface area contributed by atoms with Crippen molar-refractivity contribution in [2.24, 2.45) is 4.99 Å². The highest BCUT2D eigenvalue weighted by Gasteiger charge is 2.27. The van der Waals surface area contributed by atoms with Crippen molar-refractivity contribution in [1.29, 1.82) is 0 Å². The fraction of sp³-hybridized carbons (Fsp3) is 0.550. The van der Waals surface area contributed by atoms with Gasteiger partial charge in [0, 0.05) is 37.1 Å². The summed E-state index contributed by atoms with van der Waals surface area (Å²) < 4.78 is 31.9. The second-order valence-corrected chi connectivity index (χ2v) is 9.29. The lowest BCUT2D eigenvalue weighted by Gasteiger charge is -2.32. The van der Waals surface area contributed by atoms with Gasteiger partial charge in [0.1, 0.15) is 11.3 Å². The maximum absolute atomic E-state index is 12.2. The van der Waals surface area contributed by atoms with Crippen LogP contribution in [0.2, 0.25) is 0 Å². The predicted octanol–water partition coefficient (Wildman–Crippen LogP) is 2.61. The summed E-state index contributed by atoms with van der Waals surface area (Å²) in [5.41, 5.74) is 2.02. The second-order valence-electron chi connectivity index (χ2n) is 7.21. The van der Waals surface area contributed by atoms with E-state index >= 15 is 0 Å². The number of sulfonamides is 1. The molecule has 1 aliphatic rings. The average molecular weight is 407 g/mol. The number of aliphatic imine (C=N–C) groups is 1. The summed E-state index contributed by atoms with van der Waals surface area (Å²) in [4.78, 5) is 4.30. The highest BCUT2D eigenvalue weighted by molar-refractivity contribution is 7.89. The van der Waals surface area contributed by atoms with E-state index in [4.69, 9.17) is 4.42 Å². The summed E-state index contributed by atoms with van der Waals surface area (Å²) in [5.74, 6) is 1.82. The normalized spacial score (nSPS) is 17.2. The van der Waals surface area contributed by atoms with Crippen molar-refractivity contribution in [2.75, 3.05) is 25.9 Å². The van der Waals surface area contributed by atoms with Gasteiger partial charge in [-0.3, -0.25) is 4.99 Å². The summed E-state index contributed by atoms with van der Waals surface area (Å²) in [6, 6.07) is 8.21. The number of hydrogen-bond acceptors (Lipinski definition) is 4. The maximum Gasteiger partial charge on any atom is 0.214 e. The molecule has 0 saturated carbocycles. The number of para-hydroxylation sites is 1. The van der Waals surface area contributed by atoms with Crippen LogP contribution < -0.4 is 10.6 Å². The van der Waals surface area contributed by atoms with Gasteiger partial charge >= 0.3 is 0 Å². The lowest BCUT2D eigenvalue weighted by atomic mass is 10.1. The molecule has 2 heterocycles. The molecule has 0 atom stereocenters. The highest BCUT2D eigenvalue weighted by atomic mass is 32.2. The van der Waals surface area contributed by atoms with Crippen molar-refractivity contribution >= 4 is 27.0 Å². The standard InChI is InChI=1S/C20H30N4O3S/c1-4-13-28(25,26)24-11-9-16(10-12-24)23-20(21-3)22-14-19-15(2)17-7-5-6-8-18(17)27-19/h5-8,16H,4,9-14H2,1-3H3,(H2,21,22,23). The average Bonchev–Trinajstić information content (AvgIpc) is 3.01. The minimum atomic E-state index is -3.11. The zero-order valence-electron chi connectivity index (χ0n) is 16.9. The third-order valence-corrected chi connectivity index (χ3v) is 7.31. The molecule has 1 saturated heterocycles. The number of fused-ring (bicyclic) bond motifs is 1. The molecular formula is C20H30N4O3S. The molecule has 2 aromatic rings. The Kier molecular flexibility index (Phi) is 6.61. The lowest BCUT2D eigenvalue weighted by Crippen LogP contribution is -2.49. The topological polar surface area (TPSA) is 86.9 Å². The van der Waals surface area contributed by atoms with Crippen molar-refractivity contribution in [3.05, 3.63) is 35.6 Å². The Labute approximate surface area is 167 Å². The Balaban J connectivity index is 1.53. The number of guanidine groups is 1. The van der Waals surface area contributed by atoms with Crippen LogP contribution in [0.25, 0.3) is 11.0 Å². The molecule has 1 aromatic carbocycles. The van der Waals surface area contributed by atoms with Crippen molar-refractivity contribution in [1.82, 2.24) is 14.9 Å². The summed E-state index contributed by atoms with van der Waals surface area (Å²) in [6.07, 6.45) is 2.19. The number of furan rings is 1. The number of benzene rings is 1. The van der Waals surface area contributed by atoms with Crippen molar-refractivity contribution in [3.63, 3.8) is 0 Å². The van der Waals surface area contributed by atoms with E-state index in [1.165, 1.54) is 0 Å². The van der Waals surface area contributed by atoms with Crippen molar-refractivity contribution < 1.29 is 12.8 Å². The van der Waals surface area contributed by atoms with Crippen LogP contribution in [0.5, 0.6) is 0 Å². The highest BCUT2D eigenvalue weighted by Crippen LogP contribution is 2.24. The molecule has 0 spiro atoms. The molecule has 1 fully saturated rings. The smallest absolute Gasteiger partial charge is 0.214 e. The Hall–Kier alpha value is -2.06. The first-order valence-corrected chi connectivity index (χ1v) is 11.5. The van der Waals surface area contributed by atoms with Crippen LogP contribution in [-0.4, -0.2) is 50.6 Å². The van der Waals surface area contributed by atoms with E-state index in [0.717, 1.165) is 35.1 Å². The van der Waals surface area contributed by atoms with Gasteiger partial charge in [0.05, 0.1) is 12.3 Å². The van der Waals surface area contributed by atoms with E-state index in [2.05, 4.69) is 28.6 Å². The lowest BCUT2D eigenvalue weighted by molar-refractivity contribution is 0.306. The second kappa shape index (κ2) is 8.96. The zero-order chi connectivity index (χ0) is 20.1. The van der Waals surface area contributed by atoms with Crippen LogP contribution in [0.3, 0.4) is 0 Å². The van der Waals surface area contributed by atoms with Gasteiger partial charge in [0.15, 0.2) is 5.96 Å². The molecule has 0 radical (unpaired) electrons. The summed E-state index contributed by atoms with van der Waals surface area (Å²) in [7, 11) is -1.37. The molecule has 0 unspecified atom stereocenters. The molecule has 8 heteroatoms. The van der Waals surface area contributed by atoms with E-state index in [-0.39, 0.29) is 11.8 Å². The van der Waals surface area contributed by atoms with Gasteiger partial charge in [-0.15, -0.1) is 0 Å². The third-order valence-electron chi connectivity index (χ3n) is 5.23. The summed E-state index contributed by atoms with van der Waals surface area (Å²) >= 11 is 0. The third kappa shape index (κ3) is 4.67. The van der Waals surface area contributed by atoms with Gasteiger partial charge in [0.2, 0.25) is 10.0 Å². The number of hydrogen-bond donors (Lipinski definition) is 2. The molecule has 154 valence electrons. The molecular weight excluding hydrogens is 376 g/mol. The number of aryl methyl sites for hydroxylation is 1. The maximum atomic E-state index is 12.2. The van der Waals surface area contributed by atoms with Gasteiger partial charge in [-0.05, 0) is 32.3 Å². The van der Waals surface area contributed by atoms with Crippen LogP contribution in [0.15, 0.2) is 33.7 Å². The number of nitrogens with zero attached hydrogens (tertiary/aromatic N) is 2. The minimum absolute atomic E-state index is 0.205. The summed E-state index contributed by atoms with van der Waals surface area (Å²) in [5, 5.41) is 7.85. The quantitative estimate of drug-likeness (QED) is 0.569. The van der Waals surface area contributed by atoms with Gasteiger partial charge in [0.25, 0.3) is 0 Å². The summed E-state index contributed by atoms with van der Waals surface area (Å²) in [6.45, 7) is 5.61. The SMILES string of the molecule is CCCS(=O)(=O)N1CCC(NC(=NC)NCc2oc3ccccc3c2C)CC1. The van der Waals surface area contributed by atoms with E-state index < -0.39 is 10.0 Å². The monoisotopic (exact) mass is 406 g/mol. The van der Waals surface area contributed by atoms with E-state index in [0.29, 0.717) is 32.0 Å². The number of rotatable bonds is 6. The molecule has 0 aliphatic carbocycles. The Bertz CT molecular complexity index is 928. The van der Waals surface area contributed by atoms with Crippen molar-refractivity contribution in [2.45, 2.75) is 45.7 Å². The van der Waals surface area contributed by atoms with Crippen LogP contribution in [0.1, 0.15) is 37.5 Å². The van der Waals surface area contributed by atoms with E-state index in [9.17, 15) is 8.42 Å². The van der Waals surface area contributed by atoms with E-state index in [1.54, 1.807) is 11.4 Å². The molecule has 3 rings (SSSR count). The minimum Gasteiger partial charge on any atom is -0.459 e. The first-order valence-electron chi connectivity index (χ1n) is 9.86. The van der Waals surface area contributed by atoms with Gasteiger partial charge in [-0.1, -0.05) is 25.1 Å². The van der Waals surface area contributed by atoms with Gasteiger partial charge in [-0.25, -0.2) is 12.7 Å². The number of piperidine rings is 1. The molecule has 0 bridgehead atoms. The Morgan fingerprint density at radius 3 is 2.64 bits per heavy atom. The van der Waals surface area contributed by atoms with E-state index in [1.807, 2.05) is 25.1 Å². The zero-order valence-corrected chi connectivity index (χ0v) is 17.7. The van der Waals surface area contributed by atoms with Crippen LogP contribution in [0.4, 0.5) is 0 Å². The largest absolute Gasteiger partial charge is 0.459 e. The van der Waals surface area contributed by atoms with Crippen LogP contribution in [-0.2, 0) is 16.6 Å². The van der Waals surface area contributed by atoms with Gasteiger partial charge in [-0.2, -0.15) is 0 Å². The molecule has 2 N–H and O–H groups in total. The Morgan fingerprint density at radius 1 is 1.29 bits per heavy atom. The molecule has 0 amide bonds. The fourth-order valence-corrected chi connectivity index (χ4v) is 5.15. The predicted molar refractivity (Wildman–Crippen MR) is 113 cm³/mol. The first-order chi connectivity index (χ1) is 13.4. The molecule has 1 aliphatic heterocycles. The Morgan fingerprint density at radius 2 is 2.00 bits per heavy atom. The first kappa shape index (κ1) is 20.7.